The van der Waals surface area contributed by atoms with Gasteiger partial charge in [0.15, 0.2) is 0 Å². The van der Waals surface area contributed by atoms with Crippen LogP contribution in [0.2, 0.25) is 0 Å². The SMILES string of the molecule is C=C/C(=C\C)NC(=O)[C@H](C)NC(=O)[C@@H](NC(=O)CCC(C)(C)SSCCCC(C)=O)C(C)C. The van der Waals surface area contributed by atoms with Gasteiger partial charge in [0.05, 0.1) is 0 Å². The lowest BCUT2D eigenvalue weighted by Gasteiger charge is -2.26. The van der Waals surface area contributed by atoms with E-state index in [4.69, 9.17) is 0 Å². The monoisotopic (exact) mass is 499 g/mol. The minimum atomic E-state index is -0.763. The molecule has 0 aromatic heterocycles. The standard InChI is InChI=1S/C24H41N3O4S2/c1-9-19(10-2)26-22(30)18(6)25-23(31)21(16(3)4)27-20(29)13-14-24(7,8)33-32-15-11-12-17(5)28/h9-10,16,18,21H,1,11-15H2,2-8H3,(H,25,31)(H,26,30)(H,27,29)/b19-10+/t18-,21-/m0/s1. The molecule has 0 saturated heterocycles. The third kappa shape index (κ3) is 14.2. The lowest BCUT2D eigenvalue weighted by molar-refractivity contribution is -0.132. The molecule has 3 amide bonds. The average molecular weight is 500 g/mol. The van der Waals surface area contributed by atoms with Crippen molar-refractivity contribution in [2.75, 3.05) is 5.75 Å². The van der Waals surface area contributed by atoms with Crippen LogP contribution in [0.3, 0.4) is 0 Å². The minimum Gasteiger partial charge on any atom is -0.344 e. The van der Waals surface area contributed by atoms with Crippen molar-refractivity contribution in [1.29, 1.82) is 0 Å². The zero-order chi connectivity index (χ0) is 25.6. The summed E-state index contributed by atoms with van der Waals surface area (Å²) in [7, 11) is 3.43. The van der Waals surface area contributed by atoms with Gasteiger partial charge in [0.2, 0.25) is 17.7 Å². The van der Waals surface area contributed by atoms with Gasteiger partial charge in [-0.15, -0.1) is 0 Å². The molecule has 33 heavy (non-hydrogen) atoms. The van der Waals surface area contributed by atoms with Gasteiger partial charge in [0.25, 0.3) is 0 Å². The van der Waals surface area contributed by atoms with Crippen molar-refractivity contribution in [3.63, 3.8) is 0 Å². The second kappa shape index (κ2) is 16.0. The summed E-state index contributed by atoms with van der Waals surface area (Å²) in [5, 5.41) is 8.18. The molecule has 0 radical (unpaired) electrons. The van der Waals surface area contributed by atoms with E-state index in [0.29, 0.717) is 25.0 Å². The molecule has 0 bridgehead atoms. The van der Waals surface area contributed by atoms with Gasteiger partial charge in [0.1, 0.15) is 17.9 Å². The number of carbonyl (C=O) groups excluding carboxylic acids is 4. The van der Waals surface area contributed by atoms with Crippen LogP contribution in [0.25, 0.3) is 0 Å². The molecule has 0 aliphatic heterocycles. The first kappa shape index (κ1) is 31.3. The number of rotatable bonds is 16. The highest BCUT2D eigenvalue weighted by atomic mass is 33.1. The Morgan fingerprint density at radius 2 is 1.67 bits per heavy atom. The summed E-state index contributed by atoms with van der Waals surface area (Å²) in [5.74, 6) is 0.0151. The van der Waals surface area contributed by atoms with Crippen molar-refractivity contribution >= 4 is 45.1 Å². The second-order valence-corrected chi connectivity index (χ2v) is 12.1. The Balaban J connectivity index is 4.67. The third-order valence-corrected chi connectivity index (χ3v) is 8.25. The van der Waals surface area contributed by atoms with E-state index >= 15 is 0 Å². The fourth-order valence-electron chi connectivity index (χ4n) is 2.68. The maximum absolute atomic E-state index is 12.7. The minimum absolute atomic E-state index is 0.115. The molecule has 0 aromatic carbocycles. The van der Waals surface area contributed by atoms with Crippen molar-refractivity contribution in [1.82, 2.24) is 16.0 Å². The summed E-state index contributed by atoms with van der Waals surface area (Å²) in [6.07, 6.45) is 5.64. The van der Waals surface area contributed by atoms with Crippen molar-refractivity contribution in [2.45, 2.75) is 91.0 Å². The van der Waals surface area contributed by atoms with E-state index in [0.717, 1.165) is 12.2 Å². The van der Waals surface area contributed by atoms with E-state index in [1.165, 1.54) is 6.08 Å². The Kier molecular flexibility index (Phi) is 15.1. The highest BCUT2D eigenvalue weighted by Crippen LogP contribution is 2.39. The number of Topliss-reactive ketones (excluding diaryl/α,β-unsaturated/α-hetero) is 1. The number of hydrogen-bond donors (Lipinski definition) is 3. The molecule has 3 N–H and O–H groups in total. The van der Waals surface area contributed by atoms with Crippen LogP contribution in [-0.4, -0.2) is 46.1 Å². The highest BCUT2D eigenvalue weighted by molar-refractivity contribution is 8.77. The Bertz CT molecular complexity index is 720. The molecule has 0 spiro atoms. The molecule has 0 heterocycles. The van der Waals surface area contributed by atoms with E-state index < -0.39 is 18.0 Å². The van der Waals surface area contributed by atoms with Gasteiger partial charge in [-0.25, -0.2) is 0 Å². The summed E-state index contributed by atoms with van der Waals surface area (Å²) in [6.45, 7) is 16.5. The van der Waals surface area contributed by atoms with Gasteiger partial charge < -0.3 is 20.7 Å². The van der Waals surface area contributed by atoms with Gasteiger partial charge >= 0.3 is 0 Å². The first-order valence-electron chi connectivity index (χ1n) is 11.3. The number of carbonyl (C=O) groups is 4. The van der Waals surface area contributed by atoms with E-state index in [1.54, 1.807) is 48.4 Å². The zero-order valence-corrected chi connectivity index (χ0v) is 22.7. The molecule has 2 atom stereocenters. The first-order valence-corrected chi connectivity index (χ1v) is 13.6. The van der Waals surface area contributed by atoms with Crippen molar-refractivity contribution in [2.24, 2.45) is 5.92 Å². The number of allylic oxidation sites excluding steroid dienone is 2. The normalized spacial score (nSPS) is 13.8. The molecule has 0 rings (SSSR count). The molecule has 0 aromatic rings. The zero-order valence-electron chi connectivity index (χ0n) is 21.1. The average Bonchev–Trinajstić information content (AvgIpc) is 2.73. The smallest absolute Gasteiger partial charge is 0.246 e. The molecule has 0 unspecified atom stereocenters. The maximum atomic E-state index is 12.7. The third-order valence-electron chi connectivity index (χ3n) is 4.81. The van der Waals surface area contributed by atoms with Crippen LogP contribution in [0.4, 0.5) is 0 Å². The van der Waals surface area contributed by atoms with Crippen LogP contribution in [0, 0.1) is 5.92 Å². The second-order valence-electron chi connectivity index (χ2n) is 8.93. The van der Waals surface area contributed by atoms with Crippen LogP contribution in [0.1, 0.15) is 74.1 Å². The van der Waals surface area contributed by atoms with E-state index in [2.05, 4.69) is 36.4 Å². The number of nitrogens with one attached hydrogen (secondary N) is 3. The first-order chi connectivity index (χ1) is 15.3. The van der Waals surface area contributed by atoms with Crippen molar-refractivity contribution < 1.29 is 19.2 Å². The van der Waals surface area contributed by atoms with Crippen LogP contribution >= 0.6 is 21.6 Å². The largest absolute Gasteiger partial charge is 0.344 e. The summed E-state index contributed by atoms with van der Waals surface area (Å²) in [6, 6.07) is -1.49. The quantitative estimate of drug-likeness (QED) is 0.167. The Labute approximate surface area is 207 Å². The number of ketones is 1. The predicted molar refractivity (Wildman–Crippen MR) is 140 cm³/mol. The van der Waals surface area contributed by atoms with Gasteiger partial charge in [-0.05, 0) is 59.5 Å². The predicted octanol–water partition coefficient (Wildman–Crippen LogP) is 4.15. The maximum Gasteiger partial charge on any atom is 0.246 e. The fourth-order valence-corrected chi connectivity index (χ4v) is 5.34. The summed E-state index contributed by atoms with van der Waals surface area (Å²) >= 11 is 0. The highest BCUT2D eigenvalue weighted by Gasteiger charge is 2.28. The molecule has 9 heteroatoms. The molecular formula is C24H41N3O4S2. The van der Waals surface area contributed by atoms with Gasteiger partial charge in [-0.2, -0.15) is 0 Å². The summed E-state index contributed by atoms with van der Waals surface area (Å²) < 4.78 is -0.115. The van der Waals surface area contributed by atoms with Gasteiger partial charge in [0, 0.05) is 29.0 Å². The molecule has 0 saturated carbocycles. The molecule has 188 valence electrons. The molecule has 0 fully saturated rings. The molecular weight excluding hydrogens is 458 g/mol. The van der Waals surface area contributed by atoms with Crippen molar-refractivity contribution in [3.05, 3.63) is 24.4 Å². The molecule has 0 aliphatic rings. The topological polar surface area (TPSA) is 104 Å². The van der Waals surface area contributed by atoms with Crippen LogP contribution in [-0.2, 0) is 19.2 Å². The summed E-state index contributed by atoms with van der Waals surface area (Å²) in [5.41, 5.74) is 0.562. The van der Waals surface area contributed by atoms with E-state index in [9.17, 15) is 19.2 Å². The molecule has 7 nitrogen and oxygen atoms in total. The number of hydrogen-bond acceptors (Lipinski definition) is 6. The van der Waals surface area contributed by atoms with Crippen LogP contribution in [0.15, 0.2) is 24.4 Å². The van der Waals surface area contributed by atoms with Gasteiger partial charge in [-0.3, -0.25) is 14.4 Å². The summed E-state index contributed by atoms with van der Waals surface area (Å²) in [4.78, 5) is 48.6. The molecule has 0 aliphatic carbocycles. The van der Waals surface area contributed by atoms with Crippen molar-refractivity contribution in [3.8, 4) is 0 Å². The fraction of sp³-hybridized carbons (Fsp3) is 0.667. The van der Waals surface area contributed by atoms with Crippen LogP contribution in [0.5, 0.6) is 0 Å². The van der Waals surface area contributed by atoms with E-state index in [1.807, 2.05) is 13.8 Å². The number of amides is 3. The lowest BCUT2D eigenvalue weighted by Crippen LogP contribution is -2.54. The lowest BCUT2D eigenvalue weighted by atomic mass is 10.0. The van der Waals surface area contributed by atoms with Crippen LogP contribution < -0.4 is 16.0 Å². The van der Waals surface area contributed by atoms with Gasteiger partial charge in [-0.1, -0.05) is 48.1 Å². The Morgan fingerprint density at radius 3 is 2.18 bits per heavy atom. The Hall–Kier alpha value is -1.74. The van der Waals surface area contributed by atoms with E-state index in [-0.39, 0.29) is 28.3 Å². The Morgan fingerprint density at radius 1 is 1.03 bits per heavy atom.